The Hall–Kier alpha value is -4.03. The highest BCUT2D eigenvalue weighted by Gasteiger charge is 2.31. The number of anilines is 1. The molecule has 1 heterocycles. The van der Waals surface area contributed by atoms with E-state index < -0.39 is 0 Å². The van der Waals surface area contributed by atoms with Gasteiger partial charge in [-0.25, -0.2) is 4.39 Å². The molecular weight excluding hydrogens is 507 g/mol. The summed E-state index contributed by atoms with van der Waals surface area (Å²) < 4.78 is 20.4. The first-order valence-electron chi connectivity index (χ1n) is 11.0. The summed E-state index contributed by atoms with van der Waals surface area (Å²) in [6.45, 7) is 0.112. The molecule has 1 amide bonds. The summed E-state index contributed by atoms with van der Waals surface area (Å²) in [5.41, 5.74) is 3.94. The number of hydrogen-bond donors (Lipinski definition) is 0. The number of carbonyl (C=O) groups excluding carboxylic acids is 1. The molecule has 0 bridgehead atoms. The Kier molecular flexibility index (Phi) is 6.55. The SMILES string of the molecule is O=C1/C(=C\c2ccc(OCc3ccccc3F)c(Br)c2)C(c2ccccc2)=NN1c1ccccc1. The van der Waals surface area contributed by atoms with Crippen molar-refractivity contribution >= 4 is 39.3 Å². The quantitative estimate of drug-likeness (QED) is 0.254. The number of rotatable bonds is 6. The van der Waals surface area contributed by atoms with Gasteiger partial charge in [0.2, 0.25) is 0 Å². The number of carbonyl (C=O) groups is 1. The normalized spacial score (nSPS) is 14.3. The minimum absolute atomic E-state index is 0.112. The molecule has 0 fully saturated rings. The van der Waals surface area contributed by atoms with Crippen molar-refractivity contribution in [3.05, 3.63) is 136 Å². The van der Waals surface area contributed by atoms with Crippen molar-refractivity contribution in [2.24, 2.45) is 5.10 Å². The number of ether oxygens (including phenoxy) is 1. The van der Waals surface area contributed by atoms with Crippen LogP contribution in [0.15, 0.2) is 118 Å². The number of amides is 1. The molecule has 0 N–H and O–H groups in total. The summed E-state index contributed by atoms with van der Waals surface area (Å²) in [7, 11) is 0. The minimum atomic E-state index is -0.305. The number of benzene rings is 4. The summed E-state index contributed by atoms with van der Waals surface area (Å²) in [5, 5.41) is 6.08. The van der Waals surface area contributed by atoms with Crippen LogP contribution in [0, 0.1) is 5.82 Å². The van der Waals surface area contributed by atoms with Crippen LogP contribution in [0.5, 0.6) is 5.75 Å². The second-order valence-electron chi connectivity index (χ2n) is 7.90. The van der Waals surface area contributed by atoms with E-state index >= 15 is 0 Å². The van der Waals surface area contributed by atoms with Crippen molar-refractivity contribution in [2.45, 2.75) is 6.61 Å². The number of para-hydroxylation sites is 1. The molecule has 0 saturated heterocycles. The highest BCUT2D eigenvalue weighted by molar-refractivity contribution is 9.10. The van der Waals surface area contributed by atoms with E-state index in [1.807, 2.05) is 78.9 Å². The highest BCUT2D eigenvalue weighted by Crippen LogP contribution is 2.31. The average molecular weight is 527 g/mol. The van der Waals surface area contributed by atoms with Gasteiger partial charge in [-0.2, -0.15) is 10.1 Å². The maximum atomic E-state index is 13.9. The van der Waals surface area contributed by atoms with Gasteiger partial charge in [0, 0.05) is 11.1 Å². The summed E-state index contributed by atoms with van der Waals surface area (Å²) in [4.78, 5) is 13.4. The van der Waals surface area contributed by atoms with Gasteiger partial charge in [0.1, 0.15) is 23.9 Å². The maximum absolute atomic E-state index is 13.9. The Morgan fingerprint density at radius 1 is 0.886 bits per heavy atom. The predicted octanol–water partition coefficient (Wildman–Crippen LogP) is 7.00. The van der Waals surface area contributed by atoms with Gasteiger partial charge in [0.15, 0.2) is 0 Å². The minimum Gasteiger partial charge on any atom is -0.488 e. The second-order valence-corrected chi connectivity index (χ2v) is 8.75. The molecule has 0 radical (unpaired) electrons. The third-order valence-corrected chi connectivity index (χ3v) is 6.15. The van der Waals surface area contributed by atoms with Crippen molar-refractivity contribution in [3.8, 4) is 5.75 Å². The summed E-state index contributed by atoms with van der Waals surface area (Å²) in [6.07, 6.45) is 1.82. The number of halogens is 2. The number of hydrazone groups is 1. The van der Waals surface area contributed by atoms with Crippen molar-refractivity contribution in [3.63, 3.8) is 0 Å². The fourth-order valence-electron chi connectivity index (χ4n) is 3.76. The number of hydrogen-bond acceptors (Lipinski definition) is 3. The standard InChI is InChI=1S/C29H20BrFN2O2/c30-25-18-20(15-16-27(25)35-19-22-11-7-8-14-26(22)31)17-24-28(21-9-3-1-4-10-21)32-33(29(24)34)23-12-5-2-6-13-23/h1-18H,19H2/b24-17-. The Morgan fingerprint density at radius 3 is 2.29 bits per heavy atom. The van der Waals surface area contributed by atoms with Crippen LogP contribution in [0.2, 0.25) is 0 Å². The topological polar surface area (TPSA) is 41.9 Å². The molecule has 4 aromatic carbocycles. The number of nitrogens with zero attached hydrogens (tertiary/aromatic N) is 2. The Morgan fingerprint density at radius 2 is 1.57 bits per heavy atom. The van der Waals surface area contributed by atoms with Gasteiger partial charge in [0.05, 0.1) is 15.7 Å². The van der Waals surface area contributed by atoms with Crippen molar-refractivity contribution in [1.29, 1.82) is 0 Å². The first kappa shape index (κ1) is 22.7. The predicted molar refractivity (Wildman–Crippen MR) is 140 cm³/mol. The van der Waals surface area contributed by atoms with Crippen LogP contribution in [0.4, 0.5) is 10.1 Å². The molecule has 5 rings (SSSR count). The van der Waals surface area contributed by atoms with E-state index in [9.17, 15) is 9.18 Å². The Labute approximate surface area is 211 Å². The first-order chi connectivity index (χ1) is 17.1. The molecule has 0 atom stereocenters. The van der Waals surface area contributed by atoms with Gasteiger partial charge in [-0.1, -0.05) is 72.8 Å². The lowest BCUT2D eigenvalue weighted by molar-refractivity contribution is -0.114. The monoisotopic (exact) mass is 526 g/mol. The molecule has 172 valence electrons. The third kappa shape index (κ3) is 4.93. The zero-order chi connectivity index (χ0) is 24.2. The highest BCUT2D eigenvalue weighted by atomic mass is 79.9. The smallest absolute Gasteiger partial charge is 0.281 e. The fraction of sp³-hybridized carbons (Fsp3) is 0.0345. The molecule has 35 heavy (non-hydrogen) atoms. The van der Waals surface area contributed by atoms with Gasteiger partial charge >= 0.3 is 0 Å². The third-order valence-electron chi connectivity index (χ3n) is 5.53. The molecule has 0 spiro atoms. The van der Waals surface area contributed by atoms with Crippen LogP contribution in [-0.2, 0) is 11.4 Å². The van der Waals surface area contributed by atoms with Crippen molar-refractivity contribution in [1.82, 2.24) is 0 Å². The molecule has 0 aromatic heterocycles. The van der Waals surface area contributed by atoms with Gasteiger partial charge < -0.3 is 4.74 Å². The van der Waals surface area contributed by atoms with Crippen LogP contribution < -0.4 is 9.75 Å². The lowest BCUT2D eigenvalue weighted by Crippen LogP contribution is -2.21. The van der Waals surface area contributed by atoms with Gasteiger partial charge in [-0.3, -0.25) is 4.79 Å². The summed E-state index contributed by atoms with van der Waals surface area (Å²) >= 11 is 3.54. The second kappa shape index (κ2) is 10.1. The maximum Gasteiger partial charge on any atom is 0.281 e. The van der Waals surface area contributed by atoms with Crippen LogP contribution >= 0.6 is 15.9 Å². The molecule has 0 unspecified atom stereocenters. The zero-order valence-corrected chi connectivity index (χ0v) is 20.2. The van der Waals surface area contributed by atoms with Crippen LogP contribution in [-0.4, -0.2) is 11.6 Å². The van der Waals surface area contributed by atoms with Crippen molar-refractivity contribution < 1.29 is 13.9 Å². The Balaban J connectivity index is 1.45. The molecule has 4 nitrogen and oxygen atoms in total. The Bertz CT molecular complexity index is 1440. The van der Waals surface area contributed by atoms with E-state index in [0.29, 0.717) is 32.8 Å². The molecule has 4 aromatic rings. The van der Waals surface area contributed by atoms with Gasteiger partial charge in [-0.15, -0.1) is 0 Å². The van der Waals surface area contributed by atoms with Gasteiger partial charge in [-0.05, 0) is 57.9 Å². The average Bonchev–Trinajstić information content (AvgIpc) is 3.21. The summed E-state index contributed by atoms with van der Waals surface area (Å²) in [6, 6.07) is 31.0. The van der Waals surface area contributed by atoms with E-state index in [2.05, 4.69) is 21.0 Å². The molecule has 1 aliphatic heterocycles. The van der Waals surface area contributed by atoms with Crippen molar-refractivity contribution in [2.75, 3.05) is 5.01 Å². The van der Waals surface area contributed by atoms with Crippen LogP contribution in [0.25, 0.3) is 6.08 Å². The molecule has 1 aliphatic rings. The van der Waals surface area contributed by atoms with E-state index in [4.69, 9.17) is 4.74 Å². The largest absolute Gasteiger partial charge is 0.488 e. The zero-order valence-electron chi connectivity index (χ0n) is 18.6. The van der Waals surface area contributed by atoms with E-state index in [1.165, 1.54) is 11.1 Å². The molecule has 6 heteroatoms. The summed E-state index contributed by atoms with van der Waals surface area (Å²) in [5.74, 6) is 0.0717. The molecule has 0 saturated carbocycles. The lowest BCUT2D eigenvalue weighted by atomic mass is 10.0. The molecule has 0 aliphatic carbocycles. The van der Waals surface area contributed by atoms with E-state index in [-0.39, 0.29) is 18.3 Å². The van der Waals surface area contributed by atoms with Crippen LogP contribution in [0.1, 0.15) is 16.7 Å². The van der Waals surface area contributed by atoms with E-state index in [1.54, 1.807) is 24.3 Å². The van der Waals surface area contributed by atoms with Crippen LogP contribution in [0.3, 0.4) is 0 Å². The fourth-order valence-corrected chi connectivity index (χ4v) is 4.27. The lowest BCUT2D eigenvalue weighted by Gasteiger charge is -2.11. The van der Waals surface area contributed by atoms with Gasteiger partial charge in [0.25, 0.3) is 5.91 Å². The van der Waals surface area contributed by atoms with E-state index in [0.717, 1.165) is 11.1 Å². The first-order valence-corrected chi connectivity index (χ1v) is 11.8. The molecular formula is C29H20BrFN2O2.